The summed E-state index contributed by atoms with van der Waals surface area (Å²) in [7, 11) is 0. The number of thiazole rings is 1. The Morgan fingerprint density at radius 3 is 2.56 bits per heavy atom. The minimum absolute atomic E-state index is 0.0633. The van der Waals surface area contributed by atoms with Gasteiger partial charge in [0.2, 0.25) is 10.8 Å². The van der Waals surface area contributed by atoms with Crippen molar-refractivity contribution in [2.24, 2.45) is 0 Å². The van der Waals surface area contributed by atoms with Crippen molar-refractivity contribution in [1.82, 2.24) is 24.4 Å². The van der Waals surface area contributed by atoms with Gasteiger partial charge >= 0.3 is 0 Å². The lowest BCUT2D eigenvalue weighted by molar-refractivity contribution is 0.112. The Hall–Kier alpha value is -2.03. The van der Waals surface area contributed by atoms with Crippen molar-refractivity contribution in [3.8, 4) is 5.88 Å². The van der Waals surface area contributed by atoms with Gasteiger partial charge in [0.1, 0.15) is 5.82 Å². The predicted molar refractivity (Wildman–Crippen MR) is 104 cm³/mol. The van der Waals surface area contributed by atoms with Gasteiger partial charge in [0.05, 0.1) is 10.9 Å². The molecule has 0 radical (unpaired) electrons. The molecule has 8 heteroatoms. The van der Waals surface area contributed by atoms with Crippen LogP contribution in [-0.4, -0.2) is 62.2 Å². The summed E-state index contributed by atoms with van der Waals surface area (Å²) in [6.07, 6.45) is 0.707. The smallest absolute Gasteiger partial charge is 0.230 e. The van der Waals surface area contributed by atoms with Gasteiger partial charge in [0.25, 0.3) is 0 Å². The second-order valence-electron chi connectivity index (χ2n) is 6.76. The van der Waals surface area contributed by atoms with E-state index in [2.05, 4.69) is 26.8 Å². The van der Waals surface area contributed by atoms with Crippen LogP contribution in [0, 0.1) is 5.82 Å². The van der Waals surface area contributed by atoms with E-state index in [0.29, 0.717) is 27.6 Å². The molecule has 4 rings (SSSR count). The lowest BCUT2D eigenvalue weighted by atomic mass is 10.0. The standard InChI is InChI=1S/C19H24FN5OS/c1-3-15-21-19-25(22-15)18(26)17(27-19)16(13-7-5-6-8-14(13)20)24-11-9-23(4-2)10-12-24/h5-8,16,26H,3-4,9-12H2,1-2H3/t16-/m0/s1. The second kappa shape index (κ2) is 7.53. The number of aromatic nitrogens is 3. The predicted octanol–water partition coefficient (Wildman–Crippen LogP) is 2.92. The number of hydrogen-bond acceptors (Lipinski definition) is 6. The van der Waals surface area contributed by atoms with E-state index in [1.807, 2.05) is 13.0 Å². The van der Waals surface area contributed by atoms with Crippen LogP contribution < -0.4 is 0 Å². The van der Waals surface area contributed by atoms with Gasteiger partial charge in [-0.25, -0.2) is 9.37 Å². The zero-order chi connectivity index (χ0) is 19.0. The van der Waals surface area contributed by atoms with Gasteiger partial charge in [0, 0.05) is 38.2 Å². The highest BCUT2D eigenvalue weighted by atomic mass is 32.1. The summed E-state index contributed by atoms with van der Waals surface area (Å²) in [6, 6.07) is 6.48. The largest absolute Gasteiger partial charge is 0.492 e. The lowest BCUT2D eigenvalue weighted by Crippen LogP contribution is -2.47. The van der Waals surface area contributed by atoms with Gasteiger partial charge in [-0.05, 0) is 12.6 Å². The van der Waals surface area contributed by atoms with Gasteiger partial charge in [-0.1, -0.05) is 43.4 Å². The molecule has 1 aliphatic heterocycles. The first-order valence-electron chi connectivity index (χ1n) is 9.40. The maximum absolute atomic E-state index is 14.7. The number of nitrogens with zero attached hydrogens (tertiary/aromatic N) is 5. The van der Waals surface area contributed by atoms with Gasteiger partial charge < -0.3 is 10.0 Å². The van der Waals surface area contributed by atoms with Gasteiger partial charge in [-0.3, -0.25) is 4.90 Å². The fourth-order valence-corrected chi connectivity index (χ4v) is 4.78. The third-order valence-electron chi connectivity index (χ3n) is 5.23. The first kappa shape index (κ1) is 18.3. The van der Waals surface area contributed by atoms with Crippen LogP contribution in [0.5, 0.6) is 5.88 Å². The van der Waals surface area contributed by atoms with Crippen LogP contribution >= 0.6 is 11.3 Å². The van der Waals surface area contributed by atoms with Crippen LogP contribution in [0.3, 0.4) is 0 Å². The molecule has 0 aliphatic carbocycles. The number of likely N-dealkylation sites (N-methyl/N-ethyl adjacent to an activating group) is 1. The van der Waals surface area contributed by atoms with Crippen molar-refractivity contribution in [3.63, 3.8) is 0 Å². The fraction of sp³-hybridized carbons (Fsp3) is 0.474. The summed E-state index contributed by atoms with van der Waals surface area (Å²) in [4.78, 5) is 10.4. The molecular formula is C19H24FN5OS. The highest BCUT2D eigenvalue weighted by molar-refractivity contribution is 7.17. The first-order chi connectivity index (χ1) is 13.1. The molecule has 27 heavy (non-hydrogen) atoms. The Balaban J connectivity index is 1.77. The minimum Gasteiger partial charge on any atom is -0.492 e. The monoisotopic (exact) mass is 389 g/mol. The van der Waals surface area contributed by atoms with E-state index >= 15 is 0 Å². The molecule has 1 saturated heterocycles. The summed E-state index contributed by atoms with van der Waals surface area (Å²) < 4.78 is 16.2. The third-order valence-corrected chi connectivity index (χ3v) is 6.30. The van der Waals surface area contributed by atoms with Gasteiger partial charge in [-0.15, -0.1) is 5.10 Å². The number of hydrogen-bond donors (Lipinski definition) is 1. The number of halogens is 1. The average molecular weight is 390 g/mol. The number of piperazine rings is 1. The molecule has 1 atom stereocenters. The Morgan fingerprint density at radius 1 is 1.19 bits per heavy atom. The maximum atomic E-state index is 14.7. The van der Waals surface area contributed by atoms with E-state index in [9.17, 15) is 9.50 Å². The quantitative estimate of drug-likeness (QED) is 0.727. The SMILES string of the molecule is CCc1nc2sc([C@H](c3ccccc3F)N3CCN(CC)CC3)c(O)n2n1. The molecule has 3 heterocycles. The first-order valence-corrected chi connectivity index (χ1v) is 10.2. The molecule has 1 aliphatic rings. The maximum Gasteiger partial charge on any atom is 0.230 e. The van der Waals surface area contributed by atoms with Crippen molar-refractivity contribution in [2.75, 3.05) is 32.7 Å². The summed E-state index contributed by atoms with van der Waals surface area (Å²) in [6.45, 7) is 8.65. The van der Waals surface area contributed by atoms with Crippen LogP contribution in [0.1, 0.15) is 36.2 Å². The van der Waals surface area contributed by atoms with E-state index in [0.717, 1.165) is 32.7 Å². The molecule has 2 aromatic heterocycles. The molecule has 1 fully saturated rings. The van der Waals surface area contributed by atoms with Crippen molar-refractivity contribution in [1.29, 1.82) is 0 Å². The zero-order valence-electron chi connectivity index (χ0n) is 15.6. The molecule has 0 spiro atoms. The zero-order valence-corrected chi connectivity index (χ0v) is 16.4. The Morgan fingerprint density at radius 2 is 1.93 bits per heavy atom. The molecule has 1 aromatic carbocycles. The summed E-state index contributed by atoms with van der Waals surface area (Å²) in [5.41, 5.74) is 0.581. The number of rotatable bonds is 5. The molecule has 0 saturated carbocycles. The number of fused-ring (bicyclic) bond motifs is 1. The Labute approximate surface area is 161 Å². The van der Waals surface area contributed by atoms with Crippen LogP contribution in [0.2, 0.25) is 0 Å². The summed E-state index contributed by atoms with van der Waals surface area (Å²) in [5, 5.41) is 15.2. The van der Waals surface area contributed by atoms with Crippen LogP contribution in [0.4, 0.5) is 4.39 Å². The van der Waals surface area contributed by atoms with E-state index in [1.54, 1.807) is 12.1 Å². The van der Waals surface area contributed by atoms with Gasteiger partial charge in [-0.2, -0.15) is 4.52 Å². The molecule has 0 unspecified atom stereocenters. The third kappa shape index (κ3) is 3.33. The van der Waals surface area contributed by atoms with Crippen LogP contribution in [0.25, 0.3) is 4.96 Å². The number of aromatic hydroxyl groups is 1. The van der Waals surface area contributed by atoms with Crippen LogP contribution in [-0.2, 0) is 6.42 Å². The van der Waals surface area contributed by atoms with E-state index < -0.39 is 0 Å². The second-order valence-corrected chi connectivity index (χ2v) is 7.77. The molecule has 6 nitrogen and oxygen atoms in total. The van der Waals surface area contributed by atoms with E-state index in [4.69, 9.17) is 0 Å². The van der Waals surface area contributed by atoms with Crippen LogP contribution in [0.15, 0.2) is 24.3 Å². The normalized spacial score (nSPS) is 17.6. The summed E-state index contributed by atoms with van der Waals surface area (Å²) in [5.74, 6) is 0.503. The highest BCUT2D eigenvalue weighted by Crippen LogP contribution is 2.40. The van der Waals surface area contributed by atoms with E-state index in [-0.39, 0.29) is 17.7 Å². The van der Waals surface area contributed by atoms with Crippen molar-refractivity contribution in [3.05, 3.63) is 46.3 Å². The topological polar surface area (TPSA) is 56.9 Å². The van der Waals surface area contributed by atoms with E-state index in [1.165, 1.54) is 21.9 Å². The van der Waals surface area contributed by atoms with Crippen molar-refractivity contribution in [2.45, 2.75) is 26.3 Å². The Bertz CT molecular complexity index is 931. The minimum atomic E-state index is -0.344. The molecule has 0 bridgehead atoms. The van der Waals surface area contributed by atoms with Gasteiger partial charge in [0.15, 0.2) is 5.82 Å². The average Bonchev–Trinajstić information content (AvgIpc) is 3.23. The molecule has 3 aromatic rings. The molecule has 0 amide bonds. The lowest BCUT2D eigenvalue weighted by Gasteiger charge is -2.38. The molecule has 1 N–H and O–H groups in total. The van der Waals surface area contributed by atoms with Crippen molar-refractivity contribution < 1.29 is 9.50 Å². The fourth-order valence-electron chi connectivity index (χ4n) is 3.66. The summed E-state index contributed by atoms with van der Waals surface area (Å²) >= 11 is 1.39. The highest BCUT2D eigenvalue weighted by Gasteiger charge is 2.32. The molecular weight excluding hydrogens is 365 g/mol. The Kier molecular flexibility index (Phi) is 5.12. The number of aryl methyl sites for hydroxylation is 1. The number of benzene rings is 1. The molecule has 144 valence electrons. The van der Waals surface area contributed by atoms with Crippen molar-refractivity contribution >= 4 is 16.3 Å².